The van der Waals surface area contributed by atoms with Crippen molar-refractivity contribution in [1.82, 2.24) is 0 Å². The smallest absolute Gasteiger partial charge is 0.173 e. The van der Waals surface area contributed by atoms with Crippen molar-refractivity contribution in [1.29, 1.82) is 0 Å². The Balaban J connectivity index is 2.30. The number of hydrogen-bond donors (Lipinski definition) is 2. The lowest BCUT2D eigenvalue weighted by atomic mass is 10.1. The minimum Gasteiger partial charge on any atom is -0.488 e. The Morgan fingerprint density at radius 3 is 2.52 bits per heavy atom. The van der Waals surface area contributed by atoms with E-state index in [-0.39, 0.29) is 29.3 Å². The summed E-state index contributed by atoms with van der Waals surface area (Å²) in [7, 11) is 0. The number of nitrogens with two attached hydrogens (primary N) is 1. The topological polar surface area (TPSA) is 67.8 Å². The zero-order valence-corrected chi connectivity index (χ0v) is 11.4. The predicted octanol–water partition coefficient (Wildman–Crippen LogP) is 3.29. The standard InChI is InChI=1S/C14H11ClF2N2O2/c15-8-4-5-9(14(18)19-20)13(6-8)21-7-10-11(16)2-1-3-12(10)17/h1-6,20H,7H2,(H2,18,19). The fourth-order valence-corrected chi connectivity index (χ4v) is 1.86. The fraction of sp³-hybridized carbons (Fsp3) is 0.0714. The number of halogens is 3. The highest BCUT2D eigenvalue weighted by molar-refractivity contribution is 6.30. The van der Waals surface area contributed by atoms with Crippen LogP contribution in [0.15, 0.2) is 41.6 Å². The Kier molecular flexibility index (Phi) is 4.59. The van der Waals surface area contributed by atoms with E-state index < -0.39 is 11.6 Å². The molecule has 110 valence electrons. The van der Waals surface area contributed by atoms with Gasteiger partial charge >= 0.3 is 0 Å². The summed E-state index contributed by atoms with van der Waals surface area (Å²) in [6.45, 7) is -0.357. The second kappa shape index (κ2) is 6.41. The van der Waals surface area contributed by atoms with Gasteiger partial charge in [0, 0.05) is 5.02 Å². The highest BCUT2D eigenvalue weighted by atomic mass is 35.5. The molecule has 2 aromatic carbocycles. The van der Waals surface area contributed by atoms with Gasteiger partial charge < -0.3 is 15.7 Å². The largest absolute Gasteiger partial charge is 0.488 e. The van der Waals surface area contributed by atoms with Gasteiger partial charge in [0.2, 0.25) is 0 Å². The van der Waals surface area contributed by atoms with E-state index in [0.29, 0.717) is 5.02 Å². The number of ether oxygens (including phenoxy) is 1. The Bertz CT molecular complexity index is 672. The third-order valence-electron chi connectivity index (χ3n) is 2.76. The third-order valence-corrected chi connectivity index (χ3v) is 3.00. The van der Waals surface area contributed by atoms with Gasteiger partial charge in [-0.25, -0.2) is 8.78 Å². The van der Waals surface area contributed by atoms with Crippen molar-refractivity contribution in [3.8, 4) is 5.75 Å². The van der Waals surface area contributed by atoms with E-state index in [9.17, 15) is 8.78 Å². The number of oxime groups is 1. The Hall–Kier alpha value is -2.34. The molecular weight excluding hydrogens is 302 g/mol. The second-order valence-corrected chi connectivity index (χ2v) is 4.55. The van der Waals surface area contributed by atoms with Crippen LogP contribution in [0.1, 0.15) is 11.1 Å². The molecule has 0 aromatic heterocycles. The average molecular weight is 313 g/mol. The van der Waals surface area contributed by atoms with Crippen molar-refractivity contribution < 1.29 is 18.7 Å². The van der Waals surface area contributed by atoms with Gasteiger partial charge in [0.05, 0.1) is 11.1 Å². The Morgan fingerprint density at radius 1 is 1.24 bits per heavy atom. The van der Waals surface area contributed by atoms with Crippen LogP contribution in [0.2, 0.25) is 5.02 Å². The predicted molar refractivity (Wildman–Crippen MR) is 74.7 cm³/mol. The molecule has 0 fully saturated rings. The maximum Gasteiger partial charge on any atom is 0.173 e. The van der Waals surface area contributed by atoms with Crippen LogP contribution in [-0.4, -0.2) is 11.0 Å². The quantitative estimate of drug-likeness (QED) is 0.394. The molecular formula is C14H11ClF2N2O2. The zero-order valence-electron chi connectivity index (χ0n) is 10.7. The zero-order chi connectivity index (χ0) is 15.4. The summed E-state index contributed by atoms with van der Waals surface area (Å²) in [5.41, 5.74) is 5.55. The van der Waals surface area contributed by atoms with Crippen LogP contribution in [0, 0.1) is 11.6 Å². The molecule has 0 amide bonds. The van der Waals surface area contributed by atoms with Gasteiger partial charge in [-0.15, -0.1) is 0 Å². The molecule has 21 heavy (non-hydrogen) atoms. The van der Waals surface area contributed by atoms with Crippen molar-refractivity contribution >= 4 is 17.4 Å². The van der Waals surface area contributed by atoms with Gasteiger partial charge in [-0.3, -0.25) is 0 Å². The maximum atomic E-state index is 13.5. The van der Waals surface area contributed by atoms with Crippen molar-refractivity contribution in [2.75, 3.05) is 0 Å². The Morgan fingerprint density at radius 2 is 1.90 bits per heavy atom. The van der Waals surface area contributed by atoms with E-state index in [1.165, 1.54) is 24.3 Å². The molecule has 0 atom stereocenters. The van der Waals surface area contributed by atoms with Crippen molar-refractivity contribution in [3.63, 3.8) is 0 Å². The summed E-state index contributed by atoms with van der Waals surface area (Å²) in [6.07, 6.45) is 0. The molecule has 0 aliphatic heterocycles. The summed E-state index contributed by atoms with van der Waals surface area (Å²) >= 11 is 5.84. The lowest BCUT2D eigenvalue weighted by molar-refractivity contribution is 0.291. The summed E-state index contributed by atoms with van der Waals surface area (Å²) in [6, 6.07) is 7.92. The number of nitrogens with zero attached hydrogens (tertiary/aromatic N) is 1. The Labute approximate surface area is 124 Å². The van der Waals surface area contributed by atoms with Gasteiger partial charge in [-0.2, -0.15) is 0 Å². The van der Waals surface area contributed by atoms with Crippen LogP contribution in [0.4, 0.5) is 8.78 Å². The number of hydrogen-bond acceptors (Lipinski definition) is 3. The summed E-state index contributed by atoms with van der Waals surface area (Å²) < 4.78 is 32.4. The number of rotatable bonds is 4. The SMILES string of the molecule is N/C(=N/O)c1ccc(Cl)cc1OCc1c(F)cccc1F. The van der Waals surface area contributed by atoms with Crippen molar-refractivity contribution in [2.45, 2.75) is 6.61 Å². The van der Waals surface area contributed by atoms with Crippen molar-refractivity contribution in [3.05, 3.63) is 64.2 Å². The molecule has 2 rings (SSSR count). The van der Waals surface area contributed by atoms with Crippen molar-refractivity contribution in [2.24, 2.45) is 10.9 Å². The molecule has 7 heteroatoms. The third kappa shape index (κ3) is 3.41. The first-order valence-electron chi connectivity index (χ1n) is 5.86. The molecule has 0 bridgehead atoms. The van der Waals surface area contributed by atoms with E-state index in [4.69, 9.17) is 27.3 Å². The molecule has 0 unspecified atom stereocenters. The number of benzene rings is 2. The van der Waals surface area contributed by atoms with E-state index >= 15 is 0 Å². The van der Waals surface area contributed by atoms with Crippen LogP contribution in [0.25, 0.3) is 0 Å². The van der Waals surface area contributed by atoms with Gasteiger partial charge in [-0.1, -0.05) is 22.8 Å². The molecule has 0 saturated heterocycles. The first-order chi connectivity index (χ1) is 10.0. The van der Waals surface area contributed by atoms with Crippen LogP contribution in [0.3, 0.4) is 0 Å². The van der Waals surface area contributed by atoms with Crippen LogP contribution in [-0.2, 0) is 6.61 Å². The molecule has 0 spiro atoms. The monoisotopic (exact) mass is 312 g/mol. The lowest BCUT2D eigenvalue weighted by Crippen LogP contribution is -2.15. The number of amidine groups is 1. The lowest BCUT2D eigenvalue weighted by Gasteiger charge is -2.12. The first-order valence-corrected chi connectivity index (χ1v) is 6.24. The highest BCUT2D eigenvalue weighted by Crippen LogP contribution is 2.25. The minimum atomic E-state index is -0.720. The average Bonchev–Trinajstić information content (AvgIpc) is 2.46. The summed E-state index contributed by atoms with van der Waals surface area (Å²) in [5, 5.41) is 11.9. The van der Waals surface area contributed by atoms with Crippen LogP contribution < -0.4 is 10.5 Å². The summed E-state index contributed by atoms with van der Waals surface area (Å²) in [4.78, 5) is 0. The van der Waals surface area contributed by atoms with E-state index in [0.717, 1.165) is 12.1 Å². The molecule has 0 radical (unpaired) electrons. The molecule has 0 aliphatic rings. The molecule has 0 aliphatic carbocycles. The van der Waals surface area contributed by atoms with E-state index in [1.54, 1.807) is 0 Å². The minimum absolute atomic E-state index is 0.153. The van der Waals surface area contributed by atoms with Gasteiger partial charge in [-0.05, 0) is 30.3 Å². The molecule has 4 nitrogen and oxygen atoms in total. The van der Waals surface area contributed by atoms with Gasteiger partial charge in [0.25, 0.3) is 0 Å². The second-order valence-electron chi connectivity index (χ2n) is 4.11. The molecule has 0 heterocycles. The fourth-order valence-electron chi connectivity index (χ4n) is 1.70. The van der Waals surface area contributed by atoms with Gasteiger partial charge in [0.15, 0.2) is 5.84 Å². The first kappa shape index (κ1) is 15.1. The van der Waals surface area contributed by atoms with E-state index in [2.05, 4.69) is 5.16 Å². The van der Waals surface area contributed by atoms with E-state index in [1.807, 2.05) is 0 Å². The molecule has 0 saturated carbocycles. The molecule has 2 aromatic rings. The summed E-state index contributed by atoms with van der Waals surface area (Å²) in [5.74, 6) is -1.49. The van der Waals surface area contributed by atoms with Crippen LogP contribution in [0.5, 0.6) is 5.75 Å². The van der Waals surface area contributed by atoms with Gasteiger partial charge in [0.1, 0.15) is 24.0 Å². The van der Waals surface area contributed by atoms with Crippen LogP contribution >= 0.6 is 11.6 Å². The highest BCUT2D eigenvalue weighted by Gasteiger charge is 2.13. The molecule has 3 N–H and O–H groups in total. The maximum absolute atomic E-state index is 13.5. The normalized spacial score (nSPS) is 11.5.